The summed E-state index contributed by atoms with van der Waals surface area (Å²) in [6.07, 6.45) is 0.854. The topological polar surface area (TPSA) is 87.3 Å². The molecule has 0 saturated carbocycles. The zero-order valence-corrected chi connectivity index (χ0v) is 15.1. The molecule has 6 nitrogen and oxygen atoms in total. The number of benzene rings is 2. The molecule has 0 aliphatic rings. The van der Waals surface area contributed by atoms with Crippen molar-refractivity contribution < 1.29 is 14.4 Å². The molecule has 0 aliphatic carbocycles. The molecule has 3 N–H and O–H groups in total. The summed E-state index contributed by atoms with van der Waals surface area (Å²) < 4.78 is 0. The average Bonchev–Trinajstić information content (AvgIpc) is 2.62. The summed E-state index contributed by atoms with van der Waals surface area (Å²) in [5.74, 6) is -0.578. The van der Waals surface area contributed by atoms with Gasteiger partial charge in [-0.3, -0.25) is 14.4 Å². The Morgan fingerprint density at radius 1 is 0.808 bits per heavy atom. The van der Waals surface area contributed by atoms with Crippen molar-refractivity contribution in [1.29, 1.82) is 0 Å². The van der Waals surface area contributed by atoms with Crippen LogP contribution in [0.25, 0.3) is 0 Å². The van der Waals surface area contributed by atoms with E-state index in [4.69, 9.17) is 0 Å². The van der Waals surface area contributed by atoms with Gasteiger partial charge in [0.1, 0.15) is 0 Å². The zero-order valence-electron chi connectivity index (χ0n) is 15.1. The molecular formula is C20H23N3O3. The Morgan fingerprint density at radius 2 is 1.27 bits per heavy atom. The summed E-state index contributed by atoms with van der Waals surface area (Å²) in [6.45, 7) is 5.38. The zero-order chi connectivity index (χ0) is 19.1. The Bertz CT molecular complexity index is 783. The number of hydrogen-bond donors (Lipinski definition) is 3. The van der Waals surface area contributed by atoms with E-state index >= 15 is 0 Å². The lowest BCUT2D eigenvalue weighted by Crippen LogP contribution is -2.31. The Labute approximate surface area is 153 Å². The number of rotatable bonds is 6. The van der Waals surface area contributed by atoms with Crippen LogP contribution in [-0.2, 0) is 4.79 Å². The molecule has 0 spiro atoms. The molecule has 2 rings (SSSR count). The van der Waals surface area contributed by atoms with Crippen molar-refractivity contribution in [3.05, 3.63) is 59.7 Å². The molecule has 136 valence electrons. The predicted octanol–water partition coefficient (Wildman–Crippen LogP) is 3.43. The van der Waals surface area contributed by atoms with Crippen LogP contribution < -0.4 is 16.0 Å². The SMILES string of the molecule is CCC(C)NC(=O)c1ccc(C(=O)Nc2ccc(NC(C)=O)cc2)cc1. The maximum Gasteiger partial charge on any atom is 0.255 e. The number of amides is 3. The monoisotopic (exact) mass is 353 g/mol. The second-order valence-electron chi connectivity index (χ2n) is 6.07. The molecule has 1 atom stereocenters. The molecule has 0 radical (unpaired) electrons. The Morgan fingerprint density at radius 3 is 1.73 bits per heavy atom. The summed E-state index contributed by atoms with van der Waals surface area (Å²) in [7, 11) is 0. The molecule has 2 aromatic carbocycles. The van der Waals surface area contributed by atoms with Crippen LogP contribution in [0.15, 0.2) is 48.5 Å². The van der Waals surface area contributed by atoms with Crippen LogP contribution in [0.4, 0.5) is 11.4 Å². The summed E-state index contributed by atoms with van der Waals surface area (Å²) in [4.78, 5) is 35.4. The minimum absolute atomic E-state index is 0.103. The highest BCUT2D eigenvalue weighted by atomic mass is 16.2. The molecule has 2 aromatic rings. The maximum atomic E-state index is 12.3. The van der Waals surface area contributed by atoms with Crippen molar-refractivity contribution in [1.82, 2.24) is 5.32 Å². The van der Waals surface area contributed by atoms with Crippen molar-refractivity contribution in [2.45, 2.75) is 33.2 Å². The molecule has 0 aromatic heterocycles. The first-order chi connectivity index (χ1) is 12.4. The highest BCUT2D eigenvalue weighted by Crippen LogP contribution is 2.15. The summed E-state index contributed by atoms with van der Waals surface area (Å²) in [5, 5.41) is 8.32. The van der Waals surface area contributed by atoms with Crippen LogP contribution in [0.2, 0.25) is 0 Å². The molecule has 0 fully saturated rings. The first kappa shape index (κ1) is 19.2. The average molecular weight is 353 g/mol. The first-order valence-electron chi connectivity index (χ1n) is 8.49. The van der Waals surface area contributed by atoms with Gasteiger partial charge in [0.05, 0.1) is 0 Å². The van der Waals surface area contributed by atoms with E-state index in [1.165, 1.54) is 6.92 Å². The Kier molecular flexibility index (Phi) is 6.49. The lowest BCUT2D eigenvalue weighted by atomic mass is 10.1. The van der Waals surface area contributed by atoms with E-state index in [1.807, 2.05) is 13.8 Å². The van der Waals surface area contributed by atoms with Crippen LogP contribution in [0, 0.1) is 0 Å². The molecule has 0 bridgehead atoms. The fourth-order valence-electron chi connectivity index (χ4n) is 2.23. The Hall–Kier alpha value is -3.15. The number of carbonyl (C=O) groups is 3. The predicted molar refractivity (Wildman–Crippen MR) is 102 cm³/mol. The van der Waals surface area contributed by atoms with Crippen molar-refractivity contribution in [3.63, 3.8) is 0 Å². The molecule has 0 aliphatic heterocycles. The van der Waals surface area contributed by atoms with E-state index in [2.05, 4.69) is 16.0 Å². The van der Waals surface area contributed by atoms with Gasteiger partial charge >= 0.3 is 0 Å². The molecule has 0 saturated heterocycles. The fourth-order valence-corrected chi connectivity index (χ4v) is 2.23. The van der Waals surface area contributed by atoms with Crippen LogP contribution in [0.3, 0.4) is 0 Å². The summed E-state index contributed by atoms with van der Waals surface area (Å²) >= 11 is 0. The van der Waals surface area contributed by atoms with Crippen molar-refractivity contribution in [3.8, 4) is 0 Å². The van der Waals surface area contributed by atoms with Crippen LogP contribution in [0.5, 0.6) is 0 Å². The van der Waals surface area contributed by atoms with Gasteiger partial charge in [0.2, 0.25) is 5.91 Å². The van der Waals surface area contributed by atoms with Gasteiger partial charge in [0, 0.05) is 35.5 Å². The number of nitrogens with one attached hydrogen (secondary N) is 3. The minimum atomic E-state index is -0.272. The van der Waals surface area contributed by atoms with Crippen LogP contribution in [0.1, 0.15) is 47.9 Å². The van der Waals surface area contributed by atoms with Crippen molar-refractivity contribution >= 4 is 29.1 Å². The molecule has 26 heavy (non-hydrogen) atoms. The maximum absolute atomic E-state index is 12.3. The lowest BCUT2D eigenvalue weighted by molar-refractivity contribution is -0.114. The Balaban J connectivity index is 1.99. The standard InChI is InChI=1S/C20H23N3O3/c1-4-13(2)21-19(25)15-5-7-16(8-6-15)20(26)23-18-11-9-17(10-12-18)22-14(3)24/h5-13H,4H2,1-3H3,(H,21,25)(H,22,24)(H,23,26). The molecule has 1 unspecified atom stereocenters. The number of carbonyl (C=O) groups excluding carboxylic acids is 3. The largest absolute Gasteiger partial charge is 0.350 e. The van der Waals surface area contributed by atoms with Gasteiger partial charge in [-0.25, -0.2) is 0 Å². The van der Waals surface area contributed by atoms with E-state index in [1.54, 1.807) is 48.5 Å². The summed E-state index contributed by atoms with van der Waals surface area (Å²) in [5.41, 5.74) is 2.24. The van der Waals surface area contributed by atoms with Gasteiger partial charge < -0.3 is 16.0 Å². The molecule has 6 heteroatoms. The third kappa shape index (κ3) is 5.44. The van der Waals surface area contributed by atoms with Crippen LogP contribution in [-0.4, -0.2) is 23.8 Å². The van der Waals surface area contributed by atoms with E-state index in [0.717, 1.165) is 6.42 Å². The third-order valence-electron chi connectivity index (χ3n) is 3.86. The molecular weight excluding hydrogens is 330 g/mol. The van der Waals surface area contributed by atoms with Gasteiger partial charge in [-0.2, -0.15) is 0 Å². The fraction of sp³-hybridized carbons (Fsp3) is 0.250. The van der Waals surface area contributed by atoms with E-state index in [9.17, 15) is 14.4 Å². The van der Waals surface area contributed by atoms with Gasteiger partial charge in [-0.15, -0.1) is 0 Å². The number of hydrogen-bond acceptors (Lipinski definition) is 3. The first-order valence-corrected chi connectivity index (χ1v) is 8.49. The van der Waals surface area contributed by atoms with Gasteiger partial charge in [-0.05, 0) is 61.9 Å². The van der Waals surface area contributed by atoms with Crippen molar-refractivity contribution in [2.75, 3.05) is 10.6 Å². The second kappa shape index (κ2) is 8.80. The molecule has 0 heterocycles. The van der Waals surface area contributed by atoms with Crippen molar-refractivity contribution in [2.24, 2.45) is 0 Å². The van der Waals surface area contributed by atoms with E-state index in [0.29, 0.717) is 22.5 Å². The lowest BCUT2D eigenvalue weighted by Gasteiger charge is -2.11. The second-order valence-corrected chi connectivity index (χ2v) is 6.07. The summed E-state index contributed by atoms with van der Waals surface area (Å²) in [6, 6.07) is 13.4. The van der Waals surface area contributed by atoms with Gasteiger partial charge in [0.25, 0.3) is 11.8 Å². The third-order valence-corrected chi connectivity index (χ3v) is 3.86. The van der Waals surface area contributed by atoms with Gasteiger partial charge in [-0.1, -0.05) is 6.92 Å². The van der Waals surface area contributed by atoms with E-state index < -0.39 is 0 Å². The van der Waals surface area contributed by atoms with E-state index in [-0.39, 0.29) is 23.8 Å². The van der Waals surface area contributed by atoms with Gasteiger partial charge in [0.15, 0.2) is 0 Å². The highest BCUT2D eigenvalue weighted by molar-refractivity contribution is 6.05. The number of anilines is 2. The quantitative estimate of drug-likeness (QED) is 0.743. The highest BCUT2D eigenvalue weighted by Gasteiger charge is 2.11. The normalized spacial score (nSPS) is 11.3. The van der Waals surface area contributed by atoms with Crippen LogP contribution >= 0.6 is 0 Å². The smallest absolute Gasteiger partial charge is 0.255 e. The molecule has 3 amide bonds. The minimum Gasteiger partial charge on any atom is -0.350 e.